The van der Waals surface area contributed by atoms with E-state index in [2.05, 4.69) is 15.8 Å². The third-order valence-corrected chi connectivity index (χ3v) is 8.44. The fourth-order valence-corrected chi connectivity index (χ4v) is 5.64. The SMILES string of the molecule is COc1cc(C(=O)N(C(C)C)C(C)C)ccc1OCCCCOc1ccc2c(NC(=O)[C@H](Cc3ccccc3)NC(=O)[C@@H](N)C(C)C)noc2c1. The van der Waals surface area contributed by atoms with Crippen LogP contribution < -0.4 is 30.6 Å². The molecule has 3 amide bonds. The summed E-state index contributed by atoms with van der Waals surface area (Å²) in [5, 5.41) is 10.3. The first kappa shape index (κ1) is 38.7. The van der Waals surface area contributed by atoms with Crippen molar-refractivity contribution in [2.75, 3.05) is 25.6 Å². The Kier molecular flexibility index (Phi) is 13.8. The van der Waals surface area contributed by atoms with Crippen molar-refractivity contribution >= 4 is 34.5 Å². The maximum absolute atomic E-state index is 13.4. The number of fused-ring (bicyclic) bond motifs is 1. The second-order valence-electron chi connectivity index (χ2n) is 13.4. The Labute approximate surface area is 300 Å². The van der Waals surface area contributed by atoms with Gasteiger partial charge in [0.25, 0.3) is 5.91 Å². The summed E-state index contributed by atoms with van der Waals surface area (Å²) in [5.74, 6) is 0.930. The third kappa shape index (κ3) is 10.5. The van der Waals surface area contributed by atoms with E-state index < -0.39 is 23.9 Å². The molecule has 0 saturated carbocycles. The summed E-state index contributed by atoms with van der Waals surface area (Å²) < 4.78 is 22.9. The van der Waals surface area contributed by atoms with E-state index in [0.717, 1.165) is 18.4 Å². The van der Waals surface area contributed by atoms with Crippen molar-refractivity contribution in [2.24, 2.45) is 11.7 Å². The van der Waals surface area contributed by atoms with Crippen molar-refractivity contribution in [3.05, 3.63) is 77.9 Å². The molecule has 274 valence electrons. The van der Waals surface area contributed by atoms with Gasteiger partial charge in [0.1, 0.15) is 11.8 Å². The summed E-state index contributed by atoms with van der Waals surface area (Å²) in [4.78, 5) is 41.1. The molecule has 12 nitrogen and oxygen atoms in total. The molecule has 51 heavy (non-hydrogen) atoms. The summed E-state index contributed by atoms with van der Waals surface area (Å²) in [6, 6.07) is 18.5. The molecular formula is C39H51N5O7. The molecule has 1 aromatic heterocycles. The van der Waals surface area contributed by atoms with Crippen molar-refractivity contribution in [2.45, 2.75) is 85.0 Å². The van der Waals surface area contributed by atoms with E-state index in [9.17, 15) is 14.4 Å². The molecule has 0 saturated heterocycles. The van der Waals surface area contributed by atoms with Crippen molar-refractivity contribution in [1.82, 2.24) is 15.4 Å². The minimum atomic E-state index is -0.877. The largest absolute Gasteiger partial charge is 0.493 e. The number of nitrogens with two attached hydrogens (primary N) is 1. The fourth-order valence-electron chi connectivity index (χ4n) is 5.64. The van der Waals surface area contributed by atoms with Crippen LogP contribution in [0.4, 0.5) is 5.82 Å². The normalized spacial score (nSPS) is 12.5. The molecule has 0 aliphatic rings. The van der Waals surface area contributed by atoms with Crippen LogP contribution in [0.3, 0.4) is 0 Å². The van der Waals surface area contributed by atoms with Crippen molar-refractivity contribution in [3.8, 4) is 17.2 Å². The number of amides is 3. The zero-order valence-electron chi connectivity index (χ0n) is 30.6. The summed E-state index contributed by atoms with van der Waals surface area (Å²) >= 11 is 0. The molecule has 0 fully saturated rings. The first-order chi connectivity index (χ1) is 24.4. The molecule has 0 aliphatic carbocycles. The maximum Gasteiger partial charge on any atom is 0.254 e. The highest BCUT2D eigenvalue weighted by Gasteiger charge is 2.27. The Morgan fingerprint density at radius 1 is 0.843 bits per heavy atom. The molecule has 1 heterocycles. The highest BCUT2D eigenvalue weighted by atomic mass is 16.5. The quantitative estimate of drug-likeness (QED) is 0.106. The number of rotatable bonds is 18. The van der Waals surface area contributed by atoms with Crippen molar-refractivity contribution < 1.29 is 33.1 Å². The highest BCUT2D eigenvalue weighted by molar-refractivity contribution is 6.03. The number of ether oxygens (including phenoxy) is 3. The summed E-state index contributed by atoms with van der Waals surface area (Å²) in [6.45, 7) is 12.6. The van der Waals surface area contributed by atoms with Crippen molar-refractivity contribution in [3.63, 3.8) is 0 Å². The van der Waals surface area contributed by atoms with Crippen LogP contribution in [0.5, 0.6) is 17.2 Å². The maximum atomic E-state index is 13.4. The molecule has 4 rings (SSSR count). The predicted octanol–water partition coefficient (Wildman–Crippen LogP) is 5.98. The topological polar surface area (TPSA) is 158 Å². The van der Waals surface area contributed by atoms with Gasteiger partial charge >= 0.3 is 0 Å². The zero-order chi connectivity index (χ0) is 37.1. The summed E-state index contributed by atoms with van der Waals surface area (Å²) in [5.41, 5.74) is 7.93. The Balaban J connectivity index is 1.29. The van der Waals surface area contributed by atoms with Gasteiger partial charge in [0, 0.05) is 30.1 Å². The summed E-state index contributed by atoms with van der Waals surface area (Å²) in [7, 11) is 1.56. The Hall–Kier alpha value is -5.10. The Morgan fingerprint density at radius 3 is 2.18 bits per heavy atom. The van der Waals surface area contributed by atoms with Crippen LogP contribution in [-0.4, -0.2) is 72.3 Å². The number of carbonyl (C=O) groups excluding carboxylic acids is 3. The minimum Gasteiger partial charge on any atom is -0.493 e. The zero-order valence-corrected chi connectivity index (χ0v) is 30.6. The molecule has 4 aromatic rings. The number of carbonyl (C=O) groups is 3. The van der Waals surface area contributed by atoms with E-state index in [1.807, 2.05) is 76.8 Å². The summed E-state index contributed by atoms with van der Waals surface area (Å²) in [6.07, 6.45) is 1.72. The molecule has 3 aromatic carbocycles. The monoisotopic (exact) mass is 701 g/mol. The molecule has 0 aliphatic heterocycles. The number of hydrogen-bond donors (Lipinski definition) is 3. The highest BCUT2D eigenvalue weighted by Crippen LogP contribution is 2.30. The number of methoxy groups -OCH3 is 1. The minimum absolute atomic E-state index is 0.0490. The average Bonchev–Trinajstić information content (AvgIpc) is 3.50. The molecule has 0 bridgehead atoms. The number of aromatic nitrogens is 1. The Morgan fingerprint density at radius 2 is 1.53 bits per heavy atom. The second kappa shape index (κ2) is 18.2. The molecule has 0 unspecified atom stereocenters. The molecule has 0 spiro atoms. The van der Waals surface area contributed by atoms with Crippen LogP contribution in [0.2, 0.25) is 0 Å². The van der Waals surface area contributed by atoms with E-state index in [1.165, 1.54) is 0 Å². The first-order valence-corrected chi connectivity index (χ1v) is 17.5. The van der Waals surface area contributed by atoms with E-state index in [1.54, 1.807) is 43.5 Å². The number of hydrogen-bond acceptors (Lipinski definition) is 9. The van der Waals surface area contributed by atoms with Gasteiger partial charge in [0.2, 0.25) is 11.8 Å². The number of nitrogens with zero attached hydrogens (tertiary/aromatic N) is 2. The van der Waals surface area contributed by atoms with Crippen LogP contribution >= 0.6 is 0 Å². The smallest absolute Gasteiger partial charge is 0.254 e. The number of benzene rings is 3. The van der Waals surface area contributed by atoms with Crippen LogP contribution in [0.15, 0.2) is 71.3 Å². The lowest BCUT2D eigenvalue weighted by atomic mass is 10.0. The predicted molar refractivity (Wildman–Crippen MR) is 197 cm³/mol. The van der Waals surface area contributed by atoms with E-state index >= 15 is 0 Å². The molecular weight excluding hydrogens is 650 g/mol. The van der Waals surface area contributed by atoms with Gasteiger partial charge in [0.05, 0.1) is 31.8 Å². The molecule has 0 radical (unpaired) electrons. The van der Waals surface area contributed by atoms with Gasteiger partial charge < -0.3 is 40.0 Å². The molecule has 2 atom stereocenters. The second-order valence-corrected chi connectivity index (χ2v) is 13.4. The number of anilines is 1. The number of unbranched alkanes of at least 4 members (excludes halogenated alkanes) is 1. The molecule has 4 N–H and O–H groups in total. The van der Waals surface area contributed by atoms with Gasteiger partial charge in [-0.3, -0.25) is 14.4 Å². The van der Waals surface area contributed by atoms with Crippen LogP contribution in [0, 0.1) is 5.92 Å². The van der Waals surface area contributed by atoms with Gasteiger partial charge in [-0.1, -0.05) is 49.3 Å². The van der Waals surface area contributed by atoms with Gasteiger partial charge in [-0.05, 0) is 82.3 Å². The van der Waals surface area contributed by atoms with Gasteiger partial charge in [0.15, 0.2) is 22.9 Å². The van der Waals surface area contributed by atoms with Crippen LogP contribution in [-0.2, 0) is 16.0 Å². The third-order valence-electron chi connectivity index (χ3n) is 8.44. The standard InChI is InChI=1S/C39H51N5O7/c1-24(2)35(40)38(46)41-31(21-27-13-9-8-10-14-27)37(45)42-36-30-17-16-29(23-33(30)51-43-36)49-19-11-12-20-50-32-18-15-28(22-34(32)48-7)39(47)44(25(3)4)26(5)6/h8-10,13-18,22-26,31,35H,11-12,19-21,40H2,1-7H3,(H,41,46)(H,42,43,45)/t31-,35-/m0/s1. The lowest BCUT2D eigenvalue weighted by molar-refractivity contribution is -0.128. The van der Waals surface area contributed by atoms with E-state index in [-0.39, 0.29) is 36.1 Å². The van der Waals surface area contributed by atoms with Crippen molar-refractivity contribution in [1.29, 1.82) is 0 Å². The fraction of sp³-hybridized carbons (Fsp3) is 0.436. The van der Waals surface area contributed by atoms with Crippen LogP contribution in [0.25, 0.3) is 11.0 Å². The lowest BCUT2D eigenvalue weighted by Gasteiger charge is -2.31. The van der Waals surface area contributed by atoms with Gasteiger partial charge in [-0.25, -0.2) is 0 Å². The van der Waals surface area contributed by atoms with E-state index in [0.29, 0.717) is 47.0 Å². The van der Waals surface area contributed by atoms with Crippen LogP contribution in [0.1, 0.15) is 70.3 Å². The first-order valence-electron chi connectivity index (χ1n) is 17.5. The average molecular weight is 702 g/mol. The number of nitrogens with one attached hydrogen (secondary N) is 2. The van der Waals surface area contributed by atoms with E-state index in [4.69, 9.17) is 24.5 Å². The lowest BCUT2D eigenvalue weighted by Crippen LogP contribution is -2.52. The Bertz CT molecular complexity index is 1750. The van der Waals surface area contributed by atoms with Gasteiger partial charge in [-0.2, -0.15) is 0 Å². The van der Waals surface area contributed by atoms with Gasteiger partial charge in [-0.15, -0.1) is 0 Å². The molecule has 12 heteroatoms.